The van der Waals surface area contributed by atoms with Gasteiger partial charge in [-0.25, -0.2) is 9.36 Å². The SMILES string of the molecule is COc1ccc2[nH]cc(CCNC(=O)c3cc[n+](Cc4ccc(OC(=O)N(C)C)cc4)cc3)c2c1.[Br-]. The fraction of sp³-hybridized carbons (Fsp3) is 0.222. The van der Waals surface area contributed by atoms with Gasteiger partial charge in [-0.2, -0.15) is 0 Å². The van der Waals surface area contributed by atoms with E-state index in [9.17, 15) is 9.59 Å². The lowest BCUT2D eigenvalue weighted by Gasteiger charge is -2.10. The zero-order valence-corrected chi connectivity index (χ0v) is 22.0. The molecule has 0 aliphatic rings. The molecule has 2 aromatic heterocycles. The summed E-state index contributed by atoms with van der Waals surface area (Å²) in [5.74, 6) is 1.20. The van der Waals surface area contributed by atoms with E-state index in [1.807, 2.05) is 53.5 Å². The van der Waals surface area contributed by atoms with E-state index in [-0.39, 0.29) is 22.9 Å². The van der Waals surface area contributed by atoms with Crippen LogP contribution in [0.5, 0.6) is 11.5 Å². The molecule has 2 heterocycles. The van der Waals surface area contributed by atoms with Crippen molar-refractivity contribution in [2.24, 2.45) is 0 Å². The van der Waals surface area contributed by atoms with Gasteiger partial charge < -0.3 is 41.7 Å². The first kappa shape index (κ1) is 26.7. The van der Waals surface area contributed by atoms with Crippen LogP contribution in [-0.4, -0.2) is 49.6 Å². The number of nitrogens with one attached hydrogen (secondary N) is 2. The van der Waals surface area contributed by atoms with Gasteiger partial charge in [0.2, 0.25) is 0 Å². The van der Waals surface area contributed by atoms with Gasteiger partial charge in [0.05, 0.1) is 12.7 Å². The van der Waals surface area contributed by atoms with Crippen molar-refractivity contribution in [3.8, 4) is 11.5 Å². The molecule has 0 unspecified atom stereocenters. The third kappa shape index (κ3) is 6.63. The van der Waals surface area contributed by atoms with Gasteiger partial charge in [-0.3, -0.25) is 4.79 Å². The fourth-order valence-corrected chi connectivity index (χ4v) is 3.68. The number of pyridine rings is 1. The van der Waals surface area contributed by atoms with Gasteiger partial charge >= 0.3 is 6.09 Å². The third-order valence-corrected chi connectivity index (χ3v) is 5.67. The minimum Gasteiger partial charge on any atom is -1.00 e. The number of carbonyl (C=O) groups is 2. The Balaban J connectivity index is 0.00000361. The van der Waals surface area contributed by atoms with Crippen LogP contribution in [0, 0.1) is 0 Å². The number of carbonyl (C=O) groups excluding carboxylic acids is 2. The summed E-state index contributed by atoms with van der Waals surface area (Å²) in [5, 5.41) is 4.09. The van der Waals surface area contributed by atoms with Crippen molar-refractivity contribution in [2.75, 3.05) is 27.7 Å². The number of aromatic amines is 1. The molecule has 36 heavy (non-hydrogen) atoms. The standard InChI is InChI=1S/C27H28N4O4.BrH/c1-30(2)27(33)35-22-6-4-19(5-7-22)18-31-14-11-20(12-15-31)26(32)28-13-10-21-17-29-25-9-8-23(34-3)16-24(21)25;/h4-9,11-12,14-17,29H,10,13,18H2,1-3H3;1H. The predicted molar refractivity (Wildman–Crippen MR) is 133 cm³/mol. The van der Waals surface area contributed by atoms with Crippen LogP contribution in [0.2, 0.25) is 0 Å². The monoisotopic (exact) mass is 552 g/mol. The van der Waals surface area contributed by atoms with Gasteiger partial charge in [0.25, 0.3) is 5.91 Å². The largest absolute Gasteiger partial charge is 1.00 e. The molecule has 0 fully saturated rings. The van der Waals surface area contributed by atoms with Crippen molar-refractivity contribution >= 4 is 22.9 Å². The van der Waals surface area contributed by atoms with Crippen LogP contribution in [0.3, 0.4) is 0 Å². The van der Waals surface area contributed by atoms with E-state index in [1.54, 1.807) is 45.5 Å². The maximum atomic E-state index is 12.6. The molecule has 0 saturated heterocycles. The Morgan fingerprint density at radius 3 is 2.36 bits per heavy atom. The molecule has 8 nitrogen and oxygen atoms in total. The Labute approximate surface area is 220 Å². The van der Waals surface area contributed by atoms with Gasteiger partial charge in [-0.05, 0) is 54.4 Å². The van der Waals surface area contributed by atoms with Crippen LogP contribution in [0.1, 0.15) is 21.5 Å². The number of H-pyrrole nitrogens is 1. The zero-order valence-electron chi connectivity index (χ0n) is 20.5. The summed E-state index contributed by atoms with van der Waals surface area (Å²) in [5.41, 5.74) is 3.83. The molecule has 4 rings (SSSR count). The minimum atomic E-state index is -0.414. The summed E-state index contributed by atoms with van der Waals surface area (Å²) in [4.78, 5) is 28.9. The van der Waals surface area contributed by atoms with E-state index < -0.39 is 6.09 Å². The van der Waals surface area contributed by atoms with Crippen LogP contribution in [0.15, 0.2) is 73.2 Å². The molecule has 0 bridgehead atoms. The number of ether oxygens (including phenoxy) is 2. The molecule has 188 valence electrons. The summed E-state index contributed by atoms with van der Waals surface area (Å²) in [7, 11) is 4.93. The van der Waals surface area contributed by atoms with E-state index >= 15 is 0 Å². The highest BCUT2D eigenvalue weighted by atomic mass is 79.9. The summed E-state index contributed by atoms with van der Waals surface area (Å²) in [6.07, 6.45) is 6.02. The molecule has 0 aliphatic heterocycles. The Bertz CT molecular complexity index is 1320. The molecule has 2 aromatic carbocycles. The van der Waals surface area contributed by atoms with Crippen LogP contribution < -0.4 is 36.3 Å². The van der Waals surface area contributed by atoms with Crippen LogP contribution >= 0.6 is 0 Å². The average molecular weight is 553 g/mol. The summed E-state index contributed by atoms with van der Waals surface area (Å²) in [6, 6.07) is 16.9. The van der Waals surface area contributed by atoms with E-state index in [4.69, 9.17) is 9.47 Å². The van der Waals surface area contributed by atoms with Crippen molar-refractivity contribution in [3.05, 3.63) is 89.9 Å². The molecule has 0 spiro atoms. The number of rotatable bonds is 8. The van der Waals surface area contributed by atoms with Crippen molar-refractivity contribution in [1.29, 1.82) is 0 Å². The highest BCUT2D eigenvalue weighted by molar-refractivity contribution is 5.94. The molecular weight excluding hydrogens is 524 g/mol. The van der Waals surface area contributed by atoms with Crippen molar-refractivity contribution in [1.82, 2.24) is 15.2 Å². The number of hydrogen-bond donors (Lipinski definition) is 2. The number of methoxy groups -OCH3 is 1. The van der Waals surface area contributed by atoms with Crippen molar-refractivity contribution in [2.45, 2.75) is 13.0 Å². The third-order valence-electron chi connectivity index (χ3n) is 5.67. The minimum absolute atomic E-state index is 0. The quantitative estimate of drug-likeness (QED) is 0.312. The second-order valence-electron chi connectivity index (χ2n) is 8.40. The molecule has 0 aliphatic carbocycles. The summed E-state index contributed by atoms with van der Waals surface area (Å²) >= 11 is 0. The first-order chi connectivity index (χ1) is 16.9. The first-order valence-corrected chi connectivity index (χ1v) is 11.3. The van der Waals surface area contributed by atoms with Crippen LogP contribution in [0.25, 0.3) is 10.9 Å². The molecule has 0 radical (unpaired) electrons. The van der Waals surface area contributed by atoms with E-state index in [1.165, 1.54) is 4.90 Å². The molecule has 0 saturated carbocycles. The van der Waals surface area contributed by atoms with Crippen molar-refractivity contribution in [3.63, 3.8) is 0 Å². The number of hydrogen-bond acceptors (Lipinski definition) is 4. The Morgan fingerprint density at radius 2 is 1.69 bits per heavy atom. The molecule has 4 aromatic rings. The molecule has 2 amide bonds. The van der Waals surface area contributed by atoms with Gasteiger partial charge in [0.15, 0.2) is 18.9 Å². The Hall–Kier alpha value is -3.85. The van der Waals surface area contributed by atoms with Gasteiger partial charge in [-0.15, -0.1) is 0 Å². The lowest BCUT2D eigenvalue weighted by molar-refractivity contribution is -0.688. The number of fused-ring (bicyclic) bond motifs is 1. The van der Waals surface area contributed by atoms with Gasteiger partial charge in [-0.1, -0.05) is 0 Å². The lowest BCUT2D eigenvalue weighted by atomic mass is 10.1. The maximum Gasteiger partial charge on any atom is 0.414 e. The Kier molecular flexibility index (Phi) is 9.08. The zero-order chi connectivity index (χ0) is 24.8. The topological polar surface area (TPSA) is 87.5 Å². The molecule has 0 atom stereocenters. The maximum absolute atomic E-state index is 12.6. The number of nitrogens with zero attached hydrogens (tertiary/aromatic N) is 2. The van der Waals surface area contributed by atoms with E-state index in [0.29, 0.717) is 30.8 Å². The normalized spacial score (nSPS) is 10.4. The fourth-order valence-electron chi connectivity index (χ4n) is 3.68. The van der Waals surface area contributed by atoms with E-state index in [2.05, 4.69) is 10.3 Å². The summed E-state index contributed by atoms with van der Waals surface area (Å²) in [6.45, 7) is 1.16. The van der Waals surface area contributed by atoms with Crippen LogP contribution in [-0.2, 0) is 13.0 Å². The molecular formula is C27H29BrN4O4. The van der Waals surface area contributed by atoms with Gasteiger partial charge in [0, 0.05) is 55.4 Å². The number of amides is 2. The number of benzene rings is 2. The van der Waals surface area contributed by atoms with Gasteiger partial charge in [0.1, 0.15) is 11.5 Å². The second-order valence-corrected chi connectivity index (χ2v) is 8.40. The molecule has 2 N–H and O–H groups in total. The second kappa shape index (κ2) is 12.2. The molecule has 9 heteroatoms. The van der Waals surface area contributed by atoms with Crippen LogP contribution in [0.4, 0.5) is 4.79 Å². The average Bonchev–Trinajstić information content (AvgIpc) is 3.27. The predicted octanol–water partition coefficient (Wildman–Crippen LogP) is 0.549. The van der Waals surface area contributed by atoms with Crippen molar-refractivity contribution < 1.29 is 40.6 Å². The Morgan fingerprint density at radius 1 is 1.00 bits per heavy atom. The number of halogens is 1. The smallest absolute Gasteiger partial charge is 0.414 e. The highest BCUT2D eigenvalue weighted by Crippen LogP contribution is 2.23. The summed E-state index contributed by atoms with van der Waals surface area (Å²) < 4.78 is 12.5. The number of aromatic nitrogens is 2. The lowest BCUT2D eigenvalue weighted by Crippen LogP contribution is -3.00. The highest BCUT2D eigenvalue weighted by Gasteiger charge is 2.11. The first-order valence-electron chi connectivity index (χ1n) is 11.3. The van der Waals surface area contributed by atoms with E-state index in [0.717, 1.165) is 27.8 Å².